The van der Waals surface area contributed by atoms with Gasteiger partial charge in [-0.2, -0.15) is 5.26 Å². The van der Waals surface area contributed by atoms with Crippen LogP contribution >= 0.6 is 11.6 Å². The standard InChI is InChI=1S/C13H15ClN2O/c1-17-13-4-2-3-12(13)16-11-6-5-10(14)7-9(11)8-15/h5-7,12-13,16H,2-4H2,1H3. The van der Waals surface area contributed by atoms with Crippen LogP contribution in [0, 0.1) is 11.3 Å². The average Bonchev–Trinajstić information content (AvgIpc) is 2.78. The molecular formula is C13H15ClN2O. The summed E-state index contributed by atoms with van der Waals surface area (Å²) < 4.78 is 5.42. The number of benzene rings is 1. The summed E-state index contributed by atoms with van der Waals surface area (Å²) in [5.41, 5.74) is 1.42. The number of rotatable bonds is 3. The van der Waals surface area contributed by atoms with Gasteiger partial charge in [0.2, 0.25) is 0 Å². The van der Waals surface area contributed by atoms with Crippen molar-refractivity contribution in [2.45, 2.75) is 31.4 Å². The second kappa shape index (κ2) is 5.39. The van der Waals surface area contributed by atoms with Gasteiger partial charge in [-0.3, -0.25) is 0 Å². The molecule has 0 aliphatic heterocycles. The second-order valence-electron chi connectivity index (χ2n) is 4.26. The molecule has 2 atom stereocenters. The van der Waals surface area contributed by atoms with Crippen LogP contribution in [0.5, 0.6) is 0 Å². The van der Waals surface area contributed by atoms with Crippen molar-refractivity contribution in [3.8, 4) is 6.07 Å². The lowest BCUT2D eigenvalue weighted by Gasteiger charge is -2.21. The van der Waals surface area contributed by atoms with Crippen molar-refractivity contribution in [1.82, 2.24) is 0 Å². The lowest BCUT2D eigenvalue weighted by molar-refractivity contribution is 0.101. The van der Waals surface area contributed by atoms with E-state index < -0.39 is 0 Å². The van der Waals surface area contributed by atoms with E-state index in [0.717, 1.165) is 24.9 Å². The first kappa shape index (κ1) is 12.2. The van der Waals surface area contributed by atoms with Crippen molar-refractivity contribution in [2.24, 2.45) is 0 Å². The zero-order chi connectivity index (χ0) is 12.3. The zero-order valence-corrected chi connectivity index (χ0v) is 10.5. The first-order valence-corrected chi connectivity index (χ1v) is 6.11. The monoisotopic (exact) mass is 250 g/mol. The molecule has 90 valence electrons. The van der Waals surface area contributed by atoms with Gasteiger partial charge in [0.15, 0.2) is 0 Å². The van der Waals surface area contributed by atoms with Crippen molar-refractivity contribution < 1.29 is 4.74 Å². The molecule has 1 fully saturated rings. The average molecular weight is 251 g/mol. The fourth-order valence-corrected chi connectivity index (χ4v) is 2.48. The van der Waals surface area contributed by atoms with Crippen molar-refractivity contribution >= 4 is 17.3 Å². The van der Waals surface area contributed by atoms with Crippen molar-refractivity contribution in [2.75, 3.05) is 12.4 Å². The molecule has 0 amide bonds. The molecule has 0 saturated heterocycles. The third-order valence-corrected chi connectivity index (χ3v) is 3.43. The molecule has 1 aliphatic rings. The van der Waals surface area contributed by atoms with Gasteiger partial charge in [-0.1, -0.05) is 11.6 Å². The Morgan fingerprint density at radius 1 is 1.47 bits per heavy atom. The fourth-order valence-electron chi connectivity index (χ4n) is 2.31. The molecule has 0 spiro atoms. The smallest absolute Gasteiger partial charge is 0.101 e. The highest BCUT2D eigenvalue weighted by molar-refractivity contribution is 6.30. The van der Waals surface area contributed by atoms with Crippen LogP contribution in [0.25, 0.3) is 0 Å². The van der Waals surface area contributed by atoms with Crippen molar-refractivity contribution in [3.63, 3.8) is 0 Å². The van der Waals surface area contributed by atoms with Crippen molar-refractivity contribution in [3.05, 3.63) is 28.8 Å². The van der Waals surface area contributed by atoms with Gasteiger partial charge < -0.3 is 10.1 Å². The minimum absolute atomic E-state index is 0.234. The van der Waals surface area contributed by atoms with E-state index in [-0.39, 0.29) is 12.1 Å². The number of anilines is 1. The summed E-state index contributed by atoms with van der Waals surface area (Å²) in [6.45, 7) is 0. The lowest BCUT2D eigenvalue weighted by atomic mass is 10.1. The molecule has 4 heteroatoms. The fraction of sp³-hybridized carbons (Fsp3) is 0.462. The van der Waals surface area contributed by atoms with Crippen LogP contribution in [0.15, 0.2) is 18.2 Å². The molecule has 1 N–H and O–H groups in total. The van der Waals surface area contributed by atoms with Gasteiger partial charge in [0.25, 0.3) is 0 Å². The summed E-state index contributed by atoms with van der Waals surface area (Å²) in [5.74, 6) is 0. The van der Waals surface area contributed by atoms with Gasteiger partial charge >= 0.3 is 0 Å². The third-order valence-electron chi connectivity index (χ3n) is 3.20. The summed E-state index contributed by atoms with van der Waals surface area (Å²) in [5, 5.41) is 13.0. The van der Waals surface area contributed by atoms with E-state index in [9.17, 15) is 0 Å². The normalized spacial score (nSPS) is 23.4. The van der Waals surface area contributed by atoms with Crippen LogP contribution in [0.2, 0.25) is 5.02 Å². The Kier molecular flexibility index (Phi) is 3.88. The number of nitriles is 1. The number of halogens is 1. The highest BCUT2D eigenvalue weighted by atomic mass is 35.5. The molecule has 17 heavy (non-hydrogen) atoms. The molecule has 0 aromatic heterocycles. The van der Waals surface area contributed by atoms with Crippen LogP contribution < -0.4 is 5.32 Å². The van der Waals surface area contributed by atoms with Crippen LogP contribution in [0.3, 0.4) is 0 Å². The van der Waals surface area contributed by atoms with Crippen LogP contribution in [0.4, 0.5) is 5.69 Å². The predicted octanol–water partition coefficient (Wildman–Crippen LogP) is 3.19. The maximum absolute atomic E-state index is 9.06. The van der Waals surface area contributed by atoms with Crippen LogP contribution in [0.1, 0.15) is 24.8 Å². The molecule has 1 aromatic carbocycles. The second-order valence-corrected chi connectivity index (χ2v) is 4.69. The number of nitrogens with one attached hydrogen (secondary N) is 1. The number of hydrogen-bond acceptors (Lipinski definition) is 3. The van der Waals surface area contributed by atoms with Gasteiger partial charge in [-0.05, 0) is 37.5 Å². The summed E-state index contributed by atoms with van der Waals surface area (Å²) in [6, 6.07) is 7.77. The topological polar surface area (TPSA) is 45.0 Å². The summed E-state index contributed by atoms with van der Waals surface area (Å²) in [7, 11) is 1.73. The minimum Gasteiger partial charge on any atom is -0.379 e. The predicted molar refractivity (Wildman–Crippen MR) is 68.2 cm³/mol. The Hall–Kier alpha value is -1.24. The van der Waals surface area contributed by atoms with Crippen LogP contribution in [-0.4, -0.2) is 19.3 Å². The lowest BCUT2D eigenvalue weighted by Crippen LogP contribution is -2.29. The summed E-state index contributed by atoms with van der Waals surface area (Å²) >= 11 is 5.86. The summed E-state index contributed by atoms with van der Waals surface area (Å²) in [6.07, 6.45) is 3.54. The molecule has 0 bridgehead atoms. The Balaban J connectivity index is 2.16. The van der Waals surface area contributed by atoms with Gasteiger partial charge in [-0.25, -0.2) is 0 Å². The van der Waals surface area contributed by atoms with E-state index in [4.69, 9.17) is 21.6 Å². The van der Waals surface area contributed by atoms with Gasteiger partial charge in [-0.15, -0.1) is 0 Å². The highest BCUT2D eigenvalue weighted by Gasteiger charge is 2.27. The van der Waals surface area contributed by atoms with Crippen LogP contribution in [-0.2, 0) is 4.74 Å². The molecular weight excluding hydrogens is 236 g/mol. The summed E-state index contributed by atoms with van der Waals surface area (Å²) in [4.78, 5) is 0. The minimum atomic E-state index is 0.234. The molecule has 0 radical (unpaired) electrons. The highest BCUT2D eigenvalue weighted by Crippen LogP contribution is 2.27. The van der Waals surface area contributed by atoms with E-state index in [1.807, 2.05) is 6.07 Å². The first-order chi connectivity index (χ1) is 8.24. The number of methoxy groups -OCH3 is 1. The zero-order valence-electron chi connectivity index (χ0n) is 9.74. The largest absolute Gasteiger partial charge is 0.379 e. The molecule has 1 aromatic rings. The maximum Gasteiger partial charge on any atom is 0.101 e. The van der Waals surface area contributed by atoms with E-state index in [1.165, 1.54) is 0 Å². The maximum atomic E-state index is 9.06. The SMILES string of the molecule is COC1CCCC1Nc1ccc(Cl)cc1C#N. The molecule has 0 heterocycles. The van der Waals surface area contributed by atoms with E-state index in [2.05, 4.69) is 11.4 Å². The Morgan fingerprint density at radius 3 is 3.00 bits per heavy atom. The van der Waals surface area contributed by atoms with Crippen molar-refractivity contribution in [1.29, 1.82) is 5.26 Å². The van der Waals surface area contributed by atoms with E-state index in [0.29, 0.717) is 10.6 Å². The third kappa shape index (κ3) is 2.71. The van der Waals surface area contributed by atoms with E-state index >= 15 is 0 Å². The molecule has 1 saturated carbocycles. The first-order valence-electron chi connectivity index (χ1n) is 5.73. The molecule has 2 unspecified atom stereocenters. The number of hydrogen-bond donors (Lipinski definition) is 1. The molecule has 1 aliphatic carbocycles. The Morgan fingerprint density at radius 2 is 2.29 bits per heavy atom. The van der Waals surface area contributed by atoms with Gasteiger partial charge in [0.05, 0.1) is 23.4 Å². The van der Waals surface area contributed by atoms with Gasteiger partial charge in [0.1, 0.15) is 6.07 Å². The van der Waals surface area contributed by atoms with Gasteiger partial charge in [0, 0.05) is 12.1 Å². The molecule has 3 nitrogen and oxygen atoms in total. The Bertz CT molecular complexity index is 442. The number of ether oxygens (including phenoxy) is 1. The molecule has 2 rings (SSSR count). The quantitative estimate of drug-likeness (QED) is 0.896. The van der Waals surface area contributed by atoms with E-state index in [1.54, 1.807) is 19.2 Å². The Labute approximate surface area is 106 Å². The number of nitrogens with zero attached hydrogens (tertiary/aromatic N) is 1.